The number of carboxylic acids is 1. The molecule has 83 heavy (non-hydrogen) atoms. The van der Waals surface area contributed by atoms with Crippen LogP contribution in [0.1, 0.15) is 400 Å². The number of hydrogen-bond donors (Lipinski definition) is 2. The number of hydrogen-bond acceptors (Lipinski definition) is 8. The minimum absolute atomic E-state index is 0.000500. The highest BCUT2D eigenvalue weighted by Gasteiger charge is 2.13. The van der Waals surface area contributed by atoms with E-state index in [9.17, 15) is 24.3 Å². The number of carbonyl (C=O) groups excluding carboxylic acids is 3. The number of carboxylic acid groups (broad SMARTS) is 1. The fourth-order valence-corrected chi connectivity index (χ4v) is 10.5. The number of aliphatic carboxylic acids is 1. The van der Waals surface area contributed by atoms with Crippen LogP contribution in [0.4, 0.5) is 0 Å². The first-order valence-corrected chi connectivity index (χ1v) is 36.1. The second kappa shape index (κ2) is 75.4. The Hall–Kier alpha value is -2.68. The van der Waals surface area contributed by atoms with Crippen molar-refractivity contribution < 1.29 is 43.6 Å². The van der Waals surface area contributed by atoms with Gasteiger partial charge in [-0.05, 0) is 77.0 Å². The largest absolute Gasteiger partial charge is 0.481 e. The molecule has 0 fully saturated rings. The summed E-state index contributed by atoms with van der Waals surface area (Å²) in [5.41, 5.74) is 0. The van der Waals surface area contributed by atoms with Crippen LogP contribution >= 0.6 is 0 Å². The number of ether oxygens (including phenoxy) is 3. The van der Waals surface area contributed by atoms with Crippen molar-refractivity contribution in [3.8, 4) is 0 Å². The molecular weight excluding hydrogens is 1030 g/mol. The van der Waals surface area contributed by atoms with Crippen molar-refractivity contribution in [3.05, 3.63) is 24.3 Å². The van der Waals surface area contributed by atoms with Gasteiger partial charge in [0.05, 0.1) is 20.3 Å². The van der Waals surface area contributed by atoms with Gasteiger partial charge in [0.15, 0.2) is 0 Å². The highest BCUT2D eigenvalue weighted by molar-refractivity contribution is 5.70. The molecule has 0 rings (SSSR count). The van der Waals surface area contributed by atoms with E-state index < -0.39 is 5.97 Å². The van der Waals surface area contributed by atoms with Crippen molar-refractivity contribution in [1.29, 1.82) is 0 Å². The van der Waals surface area contributed by atoms with Crippen LogP contribution < -0.4 is 0 Å². The molecule has 9 nitrogen and oxygen atoms in total. The third-order valence-electron chi connectivity index (χ3n) is 16.1. The number of rotatable bonds is 63. The van der Waals surface area contributed by atoms with Gasteiger partial charge in [0.25, 0.3) is 0 Å². The van der Waals surface area contributed by atoms with Crippen molar-refractivity contribution in [2.45, 2.75) is 412 Å². The van der Waals surface area contributed by atoms with E-state index in [1.807, 2.05) is 0 Å². The molecule has 0 radical (unpaired) electrons. The van der Waals surface area contributed by atoms with Crippen LogP contribution in [0.3, 0.4) is 0 Å². The maximum atomic E-state index is 12.5. The van der Waals surface area contributed by atoms with Gasteiger partial charge in [-0.1, -0.05) is 315 Å². The van der Waals surface area contributed by atoms with E-state index in [0.29, 0.717) is 25.7 Å². The number of aliphatic hydroxyl groups is 1. The van der Waals surface area contributed by atoms with Crippen LogP contribution in [0.25, 0.3) is 0 Å². The lowest BCUT2D eigenvalue weighted by atomic mass is 10.0. The summed E-state index contributed by atoms with van der Waals surface area (Å²) in [5, 5.41) is 18.3. The topological polar surface area (TPSA) is 136 Å². The molecule has 0 aliphatic heterocycles. The molecule has 492 valence electrons. The molecule has 0 spiro atoms. The van der Waals surface area contributed by atoms with Crippen molar-refractivity contribution in [1.82, 2.24) is 0 Å². The fourth-order valence-electron chi connectivity index (χ4n) is 10.5. The van der Waals surface area contributed by atoms with E-state index in [4.69, 9.17) is 9.84 Å². The van der Waals surface area contributed by atoms with Gasteiger partial charge in [-0.3, -0.25) is 19.2 Å². The van der Waals surface area contributed by atoms with Crippen LogP contribution in [0.2, 0.25) is 0 Å². The molecule has 0 saturated heterocycles. The molecule has 2 unspecified atom stereocenters. The number of aliphatic hydroxyl groups excluding tert-OH is 1. The average Bonchev–Trinajstić information content (AvgIpc) is 3.48. The lowest BCUT2D eigenvalue weighted by molar-refractivity contribution is -0.149. The predicted molar refractivity (Wildman–Crippen MR) is 356 cm³/mol. The number of carbonyl (C=O) groups is 4. The van der Waals surface area contributed by atoms with Gasteiger partial charge in [-0.2, -0.15) is 0 Å². The van der Waals surface area contributed by atoms with Crippen LogP contribution in [0.15, 0.2) is 24.3 Å². The van der Waals surface area contributed by atoms with E-state index in [1.165, 1.54) is 258 Å². The molecule has 0 aliphatic carbocycles. The van der Waals surface area contributed by atoms with Gasteiger partial charge in [-0.25, -0.2) is 0 Å². The van der Waals surface area contributed by atoms with E-state index >= 15 is 0 Å². The zero-order chi connectivity index (χ0) is 61.4. The monoisotopic (exact) mass is 1180 g/mol. The Morgan fingerprint density at radius 3 is 0.904 bits per heavy atom. The fraction of sp³-hybridized carbons (Fsp3) is 0.892. The average molecular weight is 1180 g/mol. The molecule has 0 bridgehead atoms. The summed E-state index contributed by atoms with van der Waals surface area (Å²) in [7, 11) is 2.89. The number of unbranched alkanes of at least 4 members (excludes halogenated alkanes) is 44. The maximum absolute atomic E-state index is 12.5. The minimum Gasteiger partial charge on any atom is -0.481 e. The van der Waals surface area contributed by atoms with Crippen LogP contribution in [0, 0.1) is 0 Å². The summed E-state index contributed by atoms with van der Waals surface area (Å²) >= 11 is 0. The summed E-state index contributed by atoms with van der Waals surface area (Å²) in [6.45, 7) is 8.99. The lowest BCUT2D eigenvalue weighted by Gasteiger charge is -2.16. The zero-order valence-corrected chi connectivity index (χ0v) is 56.2. The quantitative estimate of drug-likeness (QED) is 0.0264. The molecule has 0 amide bonds. The molecule has 0 aromatic heterocycles. The molecule has 0 aliphatic rings. The SMILES string of the molecule is CCCCCCC(O)C/C=C\CCCCCCCC(=O)OC.CCCCCCCCCCCCCCCCCC(=O)O.CCCCCCCCCCCCCCCCCC(=O)OC(C/C=C\CCCCCCCC(=O)OC)CCCCCC. The standard InChI is InChI=1S/C37H70O4.C19H36O3.C18H36O2/c1-4-6-8-10-11-12-13-14-15-16-17-18-23-26-30-34-37(39)41-35(31-27-9-7-5-2)32-28-24-21-19-20-22-25-29-33-36(38)40-3;1-3-4-5-12-15-18(20)16-13-10-8-6-7-9-11-14-17-19(21)22-2;1-2-3-4-5-6-7-8-9-10-11-12-13-14-15-16-17-18(19)20/h24,28,35H,4-23,25-27,29-34H2,1-3H3;10,13,18,20H,3-9,11-12,14-17H2,1-2H3;2-17H2,1H3,(H,19,20)/b28-24-;13-10-;. The minimum atomic E-state index is -0.653. The zero-order valence-electron chi connectivity index (χ0n) is 56.2. The highest BCUT2D eigenvalue weighted by Crippen LogP contribution is 2.19. The second-order valence-electron chi connectivity index (χ2n) is 24.4. The number of allylic oxidation sites excluding steroid dienone is 2. The normalized spacial score (nSPS) is 12.0. The van der Waals surface area contributed by atoms with Crippen molar-refractivity contribution in [2.75, 3.05) is 14.2 Å². The molecule has 2 N–H and O–H groups in total. The Morgan fingerprint density at radius 1 is 0.313 bits per heavy atom. The van der Waals surface area contributed by atoms with Crippen LogP contribution in [-0.4, -0.2) is 60.5 Å². The molecule has 2 atom stereocenters. The smallest absolute Gasteiger partial charge is 0.306 e. The first kappa shape index (κ1) is 84.5. The maximum Gasteiger partial charge on any atom is 0.306 e. The van der Waals surface area contributed by atoms with Gasteiger partial charge in [0.2, 0.25) is 0 Å². The molecule has 0 heterocycles. The molecule has 9 heteroatoms. The van der Waals surface area contributed by atoms with Gasteiger partial charge >= 0.3 is 23.9 Å². The summed E-state index contributed by atoms with van der Waals surface area (Å²) in [4.78, 5) is 44.9. The summed E-state index contributed by atoms with van der Waals surface area (Å²) < 4.78 is 15.2. The van der Waals surface area contributed by atoms with E-state index in [0.717, 1.165) is 103 Å². The van der Waals surface area contributed by atoms with Crippen LogP contribution in [0.5, 0.6) is 0 Å². The number of methoxy groups -OCH3 is 2. The first-order valence-electron chi connectivity index (χ1n) is 36.1. The van der Waals surface area contributed by atoms with E-state index in [1.54, 1.807) is 0 Å². The second-order valence-corrected chi connectivity index (χ2v) is 24.4. The molecule has 0 saturated carbocycles. The highest BCUT2D eigenvalue weighted by atomic mass is 16.5. The molecule has 0 aromatic carbocycles. The predicted octanol–water partition coefficient (Wildman–Crippen LogP) is 23.5. The number of esters is 3. The summed E-state index contributed by atoms with van der Waals surface area (Å²) in [6, 6.07) is 0. The lowest BCUT2D eigenvalue weighted by Crippen LogP contribution is -2.17. The Bertz CT molecular complexity index is 1360. The van der Waals surface area contributed by atoms with Gasteiger partial charge in [-0.15, -0.1) is 0 Å². The Balaban J connectivity index is -0.00000128. The summed E-state index contributed by atoms with van der Waals surface area (Å²) in [6.07, 6.45) is 77.3. The molecule has 0 aromatic rings. The molecular formula is C74H142O9. The third-order valence-corrected chi connectivity index (χ3v) is 16.1. The third kappa shape index (κ3) is 79.3. The Labute approximate surface area is 516 Å². The van der Waals surface area contributed by atoms with E-state index in [2.05, 4.69) is 61.5 Å². The van der Waals surface area contributed by atoms with Crippen LogP contribution in [-0.2, 0) is 33.4 Å². The van der Waals surface area contributed by atoms with E-state index in [-0.39, 0.29) is 30.1 Å². The van der Waals surface area contributed by atoms with Gasteiger partial charge in [0.1, 0.15) is 6.10 Å². The Morgan fingerprint density at radius 2 is 0.578 bits per heavy atom. The summed E-state index contributed by atoms with van der Waals surface area (Å²) in [5.74, 6) is -0.857. The van der Waals surface area contributed by atoms with Gasteiger partial charge < -0.3 is 24.4 Å². The Kier molecular flexibility index (Phi) is 76.8. The van der Waals surface area contributed by atoms with Gasteiger partial charge in [0, 0.05) is 32.1 Å². The van der Waals surface area contributed by atoms with Crippen molar-refractivity contribution in [3.63, 3.8) is 0 Å². The van der Waals surface area contributed by atoms with Crippen molar-refractivity contribution in [2.24, 2.45) is 0 Å². The first-order chi connectivity index (χ1) is 40.6. The van der Waals surface area contributed by atoms with Crippen molar-refractivity contribution >= 4 is 23.9 Å².